The highest BCUT2D eigenvalue weighted by Gasteiger charge is 2.24. The largest absolute Gasteiger partial charge is 0.462 e. The van der Waals surface area contributed by atoms with Gasteiger partial charge in [-0.1, -0.05) is 209 Å². The molecule has 1 amide bonds. The number of nitrogens with one attached hydrogen (secondary N) is 1. The lowest BCUT2D eigenvalue weighted by molar-refractivity contribution is -0.150. The van der Waals surface area contributed by atoms with Crippen LogP contribution in [0.4, 0.5) is 0 Å². The van der Waals surface area contributed by atoms with Gasteiger partial charge in [-0.3, -0.25) is 9.59 Å². The van der Waals surface area contributed by atoms with Gasteiger partial charge in [-0.2, -0.15) is 0 Å². The van der Waals surface area contributed by atoms with Gasteiger partial charge in [0.1, 0.15) is 6.10 Å². The second-order valence-electron chi connectivity index (χ2n) is 16.8. The Kier molecular flexibility index (Phi) is 45.2. The molecule has 0 heterocycles. The Hall–Kier alpha value is -2.70. The maximum absolute atomic E-state index is 13.2. The van der Waals surface area contributed by atoms with Crippen LogP contribution in [0.25, 0.3) is 0 Å². The first-order chi connectivity index (χ1) is 29.5. The second-order valence-corrected chi connectivity index (χ2v) is 16.8. The van der Waals surface area contributed by atoms with Crippen LogP contribution in [-0.4, -0.2) is 46.9 Å². The third-order valence-corrected chi connectivity index (χ3v) is 11.0. The molecule has 0 saturated carbocycles. The average molecular weight is 838 g/mol. The van der Waals surface area contributed by atoms with Crippen molar-refractivity contribution in [3.05, 3.63) is 72.9 Å². The summed E-state index contributed by atoms with van der Waals surface area (Å²) in [7, 11) is 0. The molecule has 3 N–H and O–H groups in total. The summed E-state index contributed by atoms with van der Waals surface area (Å²) in [4.78, 5) is 26.1. The van der Waals surface area contributed by atoms with E-state index < -0.39 is 18.2 Å². The number of allylic oxidation sites excluding steroid dienone is 12. The molecule has 0 fully saturated rings. The maximum atomic E-state index is 13.2. The molecule has 0 spiro atoms. The van der Waals surface area contributed by atoms with Gasteiger partial charge in [0.25, 0.3) is 0 Å². The molecular formula is C54H95NO5. The van der Waals surface area contributed by atoms with E-state index in [2.05, 4.69) is 92.9 Å². The molecule has 0 aliphatic rings. The second kappa shape index (κ2) is 47.4. The highest BCUT2D eigenvalue weighted by Crippen LogP contribution is 2.17. The smallest absolute Gasteiger partial charge is 0.306 e. The Balaban J connectivity index is 4.73. The quantitative estimate of drug-likeness (QED) is 0.0323. The normalized spacial score (nSPS) is 13.9. The summed E-state index contributed by atoms with van der Waals surface area (Å²) in [5.74, 6) is -0.590. The Labute approximate surface area is 371 Å². The molecule has 0 aliphatic heterocycles. The Morgan fingerprint density at radius 2 is 0.900 bits per heavy atom. The van der Waals surface area contributed by atoms with E-state index in [0.717, 1.165) is 83.5 Å². The number of carbonyl (C=O) groups is 2. The van der Waals surface area contributed by atoms with E-state index in [1.54, 1.807) is 0 Å². The highest BCUT2D eigenvalue weighted by molar-refractivity contribution is 5.77. The van der Waals surface area contributed by atoms with Crippen molar-refractivity contribution in [1.82, 2.24) is 5.32 Å². The molecule has 346 valence electrons. The number of amides is 1. The van der Waals surface area contributed by atoms with Crippen molar-refractivity contribution in [3.8, 4) is 0 Å². The number of unbranched alkanes of at least 4 members (excludes halogenated alkanes) is 20. The highest BCUT2D eigenvalue weighted by atomic mass is 16.5. The van der Waals surface area contributed by atoms with Crippen molar-refractivity contribution in [2.24, 2.45) is 0 Å². The third-order valence-electron chi connectivity index (χ3n) is 11.0. The molecular weight excluding hydrogens is 743 g/mol. The molecule has 6 nitrogen and oxygen atoms in total. The van der Waals surface area contributed by atoms with Gasteiger partial charge in [0.15, 0.2) is 0 Å². The molecule has 0 aromatic carbocycles. The zero-order valence-corrected chi connectivity index (χ0v) is 39.3. The van der Waals surface area contributed by atoms with Crippen LogP contribution in [0.1, 0.15) is 233 Å². The Morgan fingerprint density at radius 3 is 1.38 bits per heavy atom. The fraction of sp³-hybridized carbons (Fsp3) is 0.741. The number of aliphatic hydroxyl groups is 2. The molecule has 0 aromatic heterocycles. The molecule has 60 heavy (non-hydrogen) atoms. The summed E-state index contributed by atoms with van der Waals surface area (Å²) in [5.41, 5.74) is 0. The number of carbonyl (C=O) groups excluding carboxylic acids is 2. The topological polar surface area (TPSA) is 95.9 Å². The van der Waals surface area contributed by atoms with Crippen molar-refractivity contribution in [1.29, 1.82) is 0 Å². The Bertz CT molecular complexity index is 1120. The first kappa shape index (κ1) is 57.3. The molecule has 3 atom stereocenters. The van der Waals surface area contributed by atoms with Crippen LogP contribution in [0, 0.1) is 0 Å². The minimum atomic E-state index is -0.805. The molecule has 0 aromatic rings. The van der Waals surface area contributed by atoms with Gasteiger partial charge in [-0.25, -0.2) is 0 Å². The first-order valence-electron chi connectivity index (χ1n) is 25.2. The number of aliphatic hydroxyl groups excluding tert-OH is 2. The van der Waals surface area contributed by atoms with Crippen molar-refractivity contribution in [2.45, 2.75) is 251 Å². The van der Waals surface area contributed by atoms with Crippen LogP contribution in [-0.2, 0) is 14.3 Å². The van der Waals surface area contributed by atoms with Crippen molar-refractivity contribution in [2.75, 3.05) is 6.61 Å². The number of esters is 1. The van der Waals surface area contributed by atoms with Crippen molar-refractivity contribution < 1.29 is 24.5 Å². The summed E-state index contributed by atoms with van der Waals surface area (Å²) in [6.07, 6.45) is 59.7. The summed E-state index contributed by atoms with van der Waals surface area (Å²) in [6, 6.07) is -0.722. The lowest BCUT2D eigenvalue weighted by Gasteiger charge is -2.24. The Morgan fingerprint density at radius 1 is 0.500 bits per heavy atom. The van der Waals surface area contributed by atoms with Gasteiger partial charge in [-0.05, 0) is 83.5 Å². The SMILES string of the molecule is CC/C=C/C/C=C/C/C=C/C/C=C/C/C=C/CCC(=O)OC(CCCCC/C=C/CCCCCCCCC)CC(=O)NC(CO)C(O)CCCCCCCCCCCCC. The standard InChI is InChI=1S/C54H95NO5/c1-4-7-10-13-16-19-22-24-26-27-29-32-35-38-41-44-47-54(59)60-50(45-42-39-36-33-31-28-25-23-20-17-14-11-8-5-2)48-53(58)55-51(49-56)52(57)46-43-40-37-34-30-21-18-15-12-9-6-3/h7,10,16,19,24,26,28-29,31-32,38,41,50-52,56-57H,4-6,8-9,11-15,17-18,20-23,25,27,30,33-37,39-40,42-49H2,1-3H3,(H,55,58)/b10-7+,19-16+,26-24+,31-28+,32-29+,41-38+. The molecule has 0 rings (SSSR count). The van der Waals surface area contributed by atoms with E-state index in [1.165, 1.54) is 96.3 Å². The van der Waals surface area contributed by atoms with Gasteiger partial charge in [-0.15, -0.1) is 0 Å². The first-order valence-corrected chi connectivity index (χ1v) is 25.2. The number of hydrogen-bond acceptors (Lipinski definition) is 5. The minimum absolute atomic E-state index is 0.0351. The average Bonchev–Trinajstić information content (AvgIpc) is 3.24. The zero-order valence-electron chi connectivity index (χ0n) is 39.3. The van der Waals surface area contributed by atoms with Gasteiger partial charge in [0, 0.05) is 6.42 Å². The lowest BCUT2D eigenvalue weighted by atomic mass is 10.0. The van der Waals surface area contributed by atoms with E-state index in [0.29, 0.717) is 19.3 Å². The fourth-order valence-electron chi connectivity index (χ4n) is 7.24. The monoisotopic (exact) mass is 838 g/mol. The molecule has 0 bridgehead atoms. The number of hydrogen-bond donors (Lipinski definition) is 3. The number of ether oxygens (including phenoxy) is 1. The predicted molar refractivity (Wildman–Crippen MR) is 259 cm³/mol. The van der Waals surface area contributed by atoms with Crippen LogP contribution in [0.15, 0.2) is 72.9 Å². The fourth-order valence-corrected chi connectivity index (χ4v) is 7.24. The molecule has 0 radical (unpaired) electrons. The zero-order chi connectivity index (χ0) is 43.8. The molecule has 0 aliphatic carbocycles. The minimum Gasteiger partial charge on any atom is -0.462 e. The number of rotatable bonds is 44. The van der Waals surface area contributed by atoms with Gasteiger partial charge in [0.05, 0.1) is 25.2 Å². The maximum Gasteiger partial charge on any atom is 0.306 e. The van der Waals surface area contributed by atoms with Gasteiger partial charge in [0.2, 0.25) is 5.91 Å². The molecule has 0 saturated heterocycles. The van der Waals surface area contributed by atoms with Crippen LogP contribution >= 0.6 is 0 Å². The van der Waals surface area contributed by atoms with Crippen molar-refractivity contribution >= 4 is 11.9 Å². The summed E-state index contributed by atoms with van der Waals surface area (Å²) in [6.45, 7) is 6.33. The van der Waals surface area contributed by atoms with Crippen LogP contribution in [0.5, 0.6) is 0 Å². The molecule has 3 unspecified atom stereocenters. The van der Waals surface area contributed by atoms with E-state index in [4.69, 9.17) is 4.74 Å². The van der Waals surface area contributed by atoms with E-state index >= 15 is 0 Å². The predicted octanol–water partition coefficient (Wildman–Crippen LogP) is 15.0. The summed E-state index contributed by atoms with van der Waals surface area (Å²) < 4.78 is 5.88. The van der Waals surface area contributed by atoms with Crippen LogP contribution in [0.3, 0.4) is 0 Å². The van der Waals surface area contributed by atoms with E-state index in [1.807, 2.05) is 6.08 Å². The summed E-state index contributed by atoms with van der Waals surface area (Å²) in [5, 5.41) is 23.7. The van der Waals surface area contributed by atoms with Gasteiger partial charge < -0.3 is 20.3 Å². The third kappa shape index (κ3) is 42.0. The molecule has 6 heteroatoms. The van der Waals surface area contributed by atoms with Crippen molar-refractivity contribution in [3.63, 3.8) is 0 Å². The van der Waals surface area contributed by atoms with Crippen LogP contribution < -0.4 is 5.32 Å². The lowest BCUT2D eigenvalue weighted by Crippen LogP contribution is -2.46. The summed E-state index contributed by atoms with van der Waals surface area (Å²) >= 11 is 0. The van der Waals surface area contributed by atoms with Gasteiger partial charge >= 0.3 is 5.97 Å². The van der Waals surface area contributed by atoms with Crippen LogP contribution in [0.2, 0.25) is 0 Å². The van der Waals surface area contributed by atoms with E-state index in [-0.39, 0.29) is 31.3 Å². The van der Waals surface area contributed by atoms with E-state index in [9.17, 15) is 19.8 Å².